The molecule has 23 heavy (non-hydrogen) atoms. The lowest BCUT2D eigenvalue weighted by molar-refractivity contribution is -0.00468. The first-order valence-electron chi connectivity index (χ1n) is 7.00. The lowest BCUT2D eigenvalue weighted by atomic mass is 10.1. The number of hydrogen-bond acceptors (Lipinski definition) is 6. The van der Waals surface area contributed by atoms with E-state index in [-0.39, 0.29) is 17.4 Å². The van der Waals surface area contributed by atoms with Gasteiger partial charge in [-0.1, -0.05) is 0 Å². The van der Waals surface area contributed by atoms with Crippen molar-refractivity contribution in [1.29, 1.82) is 0 Å². The molecule has 0 saturated carbocycles. The number of morpholine rings is 1. The molecule has 1 aliphatic rings. The fraction of sp³-hybridized carbons (Fsp3) is 0.357. The molecule has 1 N–H and O–H groups in total. The van der Waals surface area contributed by atoms with Crippen molar-refractivity contribution >= 4 is 15.7 Å². The number of rotatable bonds is 3. The first-order chi connectivity index (χ1) is 11.0. The molecule has 9 heteroatoms. The molecule has 1 atom stereocenters. The Hall–Kier alpha value is -2.26. The highest BCUT2D eigenvalue weighted by Crippen LogP contribution is 2.28. The molecule has 1 aliphatic heterocycles. The van der Waals surface area contributed by atoms with E-state index in [1.165, 1.54) is 6.20 Å². The maximum absolute atomic E-state index is 12.7. The smallest absolute Gasteiger partial charge is 0.254 e. The van der Waals surface area contributed by atoms with Crippen LogP contribution in [0.25, 0.3) is 0 Å². The maximum atomic E-state index is 12.7. The van der Waals surface area contributed by atoms with Crippen LogP contribution in [-0.2, 0) is 14.6 Å². The van der Waals surface area contributed by atoms with E-state index >= 15 is 0 Å². The van der Waals surface area contributed by atoms with Crippen LogP contribution < -0.4 is 0 Å². The summed E-state index contributed by atoms with van der Waals surface area (Å²) in [5.41, 5.74) is 0.863. The van der Waals surface area contributed by atoms with Crippen molar-refractivity contribution in [2.45, 2.75) is 10.9 Å². The molecule has 0 bridgehead atoms. The van der Waals surface area contributed by atoms with E-state index in [2.05, 4.69) is 15.2 Å². The van der Waals surface area contributed by atoms with Crippen LogP contribution >= 0.6 is 0 Å². The van der Waals surface area contributed by atoms with Crippen molar-refractivity contribution in [1.82, 2.24) is 20.1 Å². The molecule has 2 aromatic rings. The molecular formula is C14H16N4O4S. The molecule has 0 radical (unpaired) electrons. The number of nitrogens with zero attached hydrogens (tertiary/aromatic N) is 3. The van der Waals surface area contributed by atoms with Crippen molar-refractivity contribution in [3.63, 3.8) is 0 Å². The number of amides is 1. The monoisotopic (exact) mass is 336 g/mol. The Bertz CT molecular complexity index is 803. The highest BCUT2D eigenvalue weighted by atomic mass is 32.2. The van der Waals surface area contributed by atoms with Crippen molar-refractivity contribution in [2.24, 2.45) is 0 Å². The third-order valence-electron chi connectivity index (χ3n) is 3.68. The molecular weight excluding hydrogens is 320 g/mol. The van der Waals surface area contributed by atoms with Crippen molar-refractivity contribution < 1.29 is 17.9 Å². The van der Waals surface area contributed by atoms with Crippen molar-refractivity contribution in [2.75, 3.05) is 26.0 Å². The van der Waals surface area contributed by atoms with Crippen LogP contribution in [0, 0.1) is 0 Å². The molecule has 0 unspecified atom stereocenters. The number of hydrogen-bond donors (Lipinski definition) is 1. The minimum Gasteiger partial charge on any atom is -0.377 e. The summed E-state index contributed by atoms with van der Waals surface area (Å²) in [6.45, 7) is 0.977. The van der Waals surface area contributed by atoms with E-state index in [4.69, 9.17) is 4.74 Å². The third-order valence-corrected chi connectivity index (χ3v) is 4.81. The summed E-state index contributed by atoms with van der Waals surface area (Å²) in [5, 5.41) is 6.53. The first-order valence-corrected chi connectivity index (χ1v) is 8.89. The molecule has 2 aromatic heterocycles. The van der Waals surface area contributed by atoms with E-state index in [9.17, 15) is 13.2 Å². The van der Waals surface area contributed by atoms with Gasteiger partial charge in [-0.3, -0.25) is 14.9 Å². The molecule has 1 saturated heterocycles. The fourth-order valence-corrected chi connectivity index (χ4v) is 3.39. The summed E-state index contributed by atoms with van der Waals surface area (Å²) in [6.07, 6.45) is 5.45. The van der Waals surface area contributed by atoms with Crippen LogP contribution in [0.3, 0.4) is 0 Å². The van der Waals surface area contributed by atoms with Crippen LogP contribution in [0.2, 0.25) is 0 Å². The predicted molar refractivity (Wildman–Crippen MR) is 80.5 cm³/mol. The van der Waals surface area contributed by atoms with Crippen LogP contribution in [0.15, 0.2) is 35.6 Å². The maximum Gasteiger partial charge on any atom is 0.254 e. The topological polar surface area (TPSA) is 105 Å². The zero-order valence-electron chi connectivity index (χ0n) is 12.5. The Labute approximate surface area is 133 Å². The minimum absolute atomic E-state index is 0.0838. The van der Waals surface area contributed by atoms with E-state index in [0.717, 1.165) is 6.26 Å². The van der Waals surface area contributed by atoms with Crippen molar-refractivity contribution in [3.8, 4) is 0 Å². The Morgan fingerprint density at radius 3 is 2.83 bits per heavy atom. The average Bonchev–Trinajstić information content (AvgIpc) is 3.05. The van der Waals surface area contributed by atoms with Gasteiger partial charge in [0.25, 0.3) is 5.91 Å². The van der Waals surface area contributed by atoms with E-state index < -0.39 is 15.9 Å². The van der Waals surface area contributed by atoms with Gasteiger partial charge < -0.3 is 9.64 Å². The van der Waals surface area contributed by atoms with Gasteiger partial charge in [-0.25, -0.2) is 8.42 Å². The Morgan fingerprint density at radius 1 is 1.39 bits per heavy atom. The third kappa shape index (κ3) is 3.10. The largest absolute Gasteiger partial charge is 0.377 e. The Morgan fingerprint density at radius 2 is 2.13 bits per heavy atom. The van der Waals surface area contributed by atoms with Gasteiger partial charge in [0, 0.05) is 30.8 Å². The van der Waals surface area contributed by atoms with Gasteiger partial charge in [-0.15, -0.1) is 0 Å². The quantitative estimate of drug-likeness (QED) is 0.871. The SMILES string of the molecule is CS(=O)(=O)c1cn[nH]c1[C@@H]1COCCN1C(=O)c1ccncc1. The number of pyridine rings is 1. The van der Waals surface area contributed by atoms with Crippen LogP contribution in [0.1, 0.15) is 22.1 Å². The van der Waals surface area contributed by atoms with E-state index in [0.29, 0.717) is 24.4 Å². The summed E-state index contributed by atoms with van der Waals surface area (Å²) in [4.78, 5) is 18.3. The van der Waals surface area contributed by atoms with Gasteiger partial charge >= 0.3 is 0 Å². The molecule has 8 nitrogen and oxygen atoms in total. The zero-order chi connectivity index (χ0) is 16.4. The number of aromatic nitrogens is 3. The fourth-order valence-electron chi connectivity index (χ4n) is 2.57. The molecule has 3 rings (SSSR count). The Kier molecular flexibility index (Phi) is 4.14. The normalized spacial score (nSPS) is 18.8. The van der Waals surface area contributed by atoms with Gasteiger partial charge in [-0.2, -0.15) is 5.10 Å². The molecule has 3 heterocycles. The number of ether oxygens (including phenoxy) is 1. The lowest BCUT2D eigenvalue weighted by Gasteiger charge is -2.35. The number of carbonyl (C=O) groups is 1. The second-order valence-electron chi connectivity index (χ2n) is 5.25. The number of nitrogens with one attached hydrogen (secondary N) is 1. The van der Waals surface area contributed by atoms with E-state index in [1.54, 1.807) is 29.4 Å². The second kappa shape index (κ2) is 6.09. The first kappa shape index (κ1) is 15.6. The molecule has 1 amide bonds. The van der Waals surface area contributed by atoms with Gasteiger partial charge in [-0.05, 0) is 12.1 Å². The number of aromatic amines is 1. The highest BCUT2D eigenvalue weighted by Gasteiger charge is 2.33. The predicted octanol–water partition coefficient (Wildman–Crippen LogP) is 0.422. The van der Waals surface area contributed by atoms with Crippen molar-refractivity contribution in [3.05, 3.63) is 42.0 Å². The van der Waals surface area contributed by atoms with Gasteiger partial charge in [0.1, 0.15) is 4.90 Å². The molecule has 0 aromatic carbocycles. The van der Waals surface area contributed by atoms with Gasteiger partial charge in [0.2, 0.25) is 0 Å². The molecule has 0 aliphatic carbocycles. The Balaban J connectivity index is 1.97. The zero-order valence-corrected chi connectivity index (χ0v) is 13.3. The minimum atomic E-state index is -3.45. The summed E-state index contributed by atoms with van der Waals surface area (Å²) in [7, 11) is -3.45. The summed E-state index contributed by atoms with van der Waals surface area (Å²) in [5.74, 6) is -0.199. The summed E-state index contributed by atoms with van der Waals surface area (Å²) in [6, 6.07) is 2.72. The van der Waals surface area contributed by atoms with Crippen LogP contribution in [0.4, 0.5) is 0 Å². The van der Waals surface area contributed by atoms with E-state index in [1.807, 2.05) is 0 Å². The molecule has 122 valence electrons. The molecule has 0 spiro atoms. The standard InChI is InChI=1S/C14H16N4O4S/c1-23(20,21)12-8-16-17-13(12)11-9-22-7-6-18(11)14(19)10-2-4-15-5-3-10/h2-5,8,11H,6-7,9H2,1H3,(H,16,17)/t11-/m0/s1. The summed E-state index contributed by atoms with van der Waals surface area (Å²) < 4.78 is 29.2. The average molecular weight is 336 g/mol. The summed E-state index contributed by atoms with van der Waals surface area (Å²) >= 11 is 0. The van der Waals surface area contributed by atoms with Gasteiger partial charge in [0.05, 0.1) is 31.1 Å². The second-order valence-corrected chi connectivity index (χ2v) is 7.23. The van der Waals surface area contributed by atoms with Crippen LogP contribution in [-0.4, -0.2) is 60.4 Å². The lowest BCUT2D eigenvalue weighted by Crippen LogP contribution is -2.44. The number of H-pyrrole nitrogens is 1. The van der Waals surface area contributed by atoms with Crippen LogP contribution in [0.5, 0.6) is 0 Å². The molecule has 1 fully saturated rings. The van der Waals surface area contributed by atoms with Gasteiger partial charge in [0.15, 0.2) is 9.84 Å². The number of sulfone groups is 1. The highest BCUT2D eigenvalue weighted by molar-refractivity contribution is 7.90. The number of carbonyl (C=O) groups excluding carboxylic acids is 1.